The zero-order valence-corrected chi connectivity index (χ0v) is 13.6. The number of rotatable bonds is 7. The quantitative estimate of drug-likeness (QED) is 0.837. The molecule has 2 heterocycles. The molecule has 0 radical (unpaired) electrons. The van der Waals surface area contributed by atoms with Gasteiger partial charge in [0.25, 0.3) is 5.91 Å². The minimum absolute atomic E-state index is 0.0261. The van der Waals surface area contributed by atoms with Crippen molar-refractivity contribution >= 4 is 22.4 Å². The van der Waals surface area contributed by atoms with Crippen LogP contribution < -0.4 is 5.32 Å². The summed E-state index contributed by atoms with van der Waals surface area (Å²) in [5.74, 6) is -0.0261. The van der Waals surface area contributed by atoms with Crippen LogP contribution in [0.25, 0.3) is 0 Å². The summed E-state index contributed by atoms with van der Waals surface area (Å²) in [6.45, 7) is 7.23. The van der Waals surface area contributed by atoms with E-state index in [1.165, 1.54) is 11.3 Å². The van der Waals surface area contributed by atoms with Crippen molar-refractivity contribution in [2.24, 2.45) is 0 Å². The molecular formula is C14H24N4O2S. The molecule has 21 heavy (non-hydrogen) atoms. The van der Waals surface area contributed by atoms with Gasteiger partial charge in [0.15, 0.2) is 0 Å². The number of nitrogens with zero attached hydrogens (tertiary/aromatic N) is 3. The summed E-state index contributed by atoms with van der Waals surface area (Å²) < 4.78 is 5.77. The van der Waals surface area contributed by atoms with E-state index in [9.17, 15) is 4.79 Å². The van der Waals surface area contributed by atoms with E-state index in [1.807, 2.05) is 4.90 Å². The number of hydrogen-bond donors (Lipinski definition) is 1. The molecule has 1 unspecified atom stereocenters. The van der Waals surface area contributed by atoms with Crippen molar-refractivity contribution in [3.63, 3.8) is 0 Å². The molecule has 1 saturated heterocycles. The highest BCUT2D eigenvalue weighted by molar-refractivity contribution is 7.17. The van der Waals surface area contributed by atoms with Crippen LogP contribution in [-0.2, 0) is 4.74 Å². The molecule has 0 bridgehead atoms. The topological polar surface area (TPSA) is 67.4 Å². The lowest BCUT2D eigenvalue weighted by Gasteiger charge is -2.32. The summed E-state index contributed by atoms with van der Waals surface area (Å²) in [6, 6.07) is 0. The van der Waals surface area contributed by atoms with E-state index < -0.39 is 0 Å². The van der Waals surface area contributed by atoms with Crippen LogP contribution in [0.4, 0.5) is 5.13 Å². The predicted octanol–water partition coefficient (Wildman–Crippen LogP) is 2.39. The first-order valence-corrected chi connectivity index (χ1v) is 8.54. The van der Waals surface area contributed by atoms with Crippen LogP contribution in [-0.4, -0.2) is 53.3 Å². The van der Waals surface area contributed by atoms with Gasteiger partial charge in [-0.15, -0.1) is 10.2 Å². The highest BCUT2D eigenvalue weighted by Crippen LogP contribution is 2.20. The van der Waals surface area contributed by atoms with Gasteiger partial charge in [-0.3, -0.25) is 4.79 Å². The summed E-state index contributed by atoms with van der Waals surface area (Å²) in [4.78, 5) is 14.3. The maximum Gasteiger partial charge on any atom is 0.284 e. The van der Waals surface area contributed by atoms with Gasteiger partial charge in [-0.25, -0.2) is 0 Å². The summed E-state index contributed by atoms with van der Waals surface area (Å²) >= 11 is 1.33. The van der Waals surface area contributed by atoms with Crippen molar-refractivity contribution in [3.8, 4) is 0 Å². The number of carbonyl (C=O) groups excluding carboxylic acids is 1. The van der Waals surface area contributed by atoms with Gasteiger partial charge in [-0.1, -0.05) is 25.2 Å². The molecule has 1 aliphatic rings. The van der Waals surface area contributed by atoms with E-state index in [2.05, 4.69) is 29.4 Å². The van der Waals surface area contributed by atoms with Crippen molar-refractivity contribution in [3.05, 3.63) is 5.01 Å². The van der Waals surface area contributed by atoms with Crippen molar-refractivity contribution in [2.45, 2.75) is 45.6 Å². The Labute approximate surface area is 129 Å². The van der Waals surface area contributed by atoms with Crippen LogP contribution >= 0.6 is 11.3 Å². The third-order valence-corrected chi connectivity index (χ3v) is 4.23. The minimum Gasteiger partial charge on any atom is -0.376 e. The second kappa shape index (κ2) is 8.29. The first-order chi connectivity index (χ1) is 10.2. The fourth-order valence-corrected chi connectivity index (χ4v) is 3.03. The van der Waals surface area contributed by atoms with Crippen molar-refractivity contribution in [2.75, 3.05) is 31.6 Å². The van der Waals surface area contributed by atoms with Gasteiger partial charge in [0.2, 0.25) is 10.1 Å². The van der Waals surface area contributed by atoms with Gasteiger partial charge in [0.05, 0.1) is 6.10 Å². The van der Waals surface area contributed by atoms with Crippen LogP contribution in [0.2, 0.25) is 0 Å². The Morgan fingerprint density at radius 1 is 1.43 bits per heavy atom. The second-order valence-electron chi connectivity index (χ2n) is 5.23. The molecule has 0 aliphatic carbocycles. The number of amides is 1. The van der Waals surface area contributed by atoms with E-state index in [0.29, 0.717) is 11.6 Å². The summed E-state index contributed by atoms with van der Waals surface area (Å²) in [7, 11) is 0. The molecule has 1 aromatic rings. The number of carbonyl (C=O) groups is 1. The summed E-state index contributed by atoms with van der Waals surface area (Å²) in [5.41, 5.74) is 0. The molecule has 0 aromatic carbocycles. The van der Waals surface area contributed by atoms with E-state index >= 15 is 0 Å². The van der Waals surface area contributed by atoms with Crippen molar-refractivity contribution in [1.82, 2.24) is 15.1 Å². The molecule has 1 aromatic heterocycles. The number of nitrogens with one attached hydrogen (secondary N) is 1. The number of piperidine rings is 1. The lowest BCUT2D eigenvalue weighted by Crippen LogP contribution is -2.43. The Morgan fingerprint density at radius 2 is 2.29 bits per heavy atom. The summed E-state index contributed by atoms with van der Waals surface area (Å²) in [6.07, 6.45) is 4.20. The Balaban J connectivity index is 1.90. The molecule has 6 nitrogen and oxygen atoms in total. The van der Waals surface area contributed by atoms with Gasteiger partial charge >= 0.3 is 0 Å². The van der Waals surface area contributed by atoms with E-state index in [-0.39, 0.29) is 12.0 Å². The maximum absolute atomic E-state index is 12.5. The average Bonchev–Trinajstić information content (AvgIpc) is 2.99. The average molecular weight is 312 g/mol. The molecule has 1 amide bonds. The minimum atomic E-state index is -0.0261. The normalized spacial score (nSPS) is 18.8. The SMILES string of the molecule is CCCNc1nnc(C(=O)N2CCCC(OCCC)C2)s1. The first kappa shape index (κ1) is 16.2. The predicted molar refractivity (Wildman–Crippen MR) is 83.9 cm³/mol. The number of hydrogen-bond acceptors (Lipinski definition) is 6. The molecule has 0 saturated carbocycles. The fraction of sp³-hybridized carbons (Fsp3) is 0.786. The van der Waals surface area contributed by atoms with Crippen LogP contribution in [0, 0.1) is 0 Å². The second-order valence-corrected chi connectivity index (χ2v) is 6.20. The number of likely N-dealkylation sites (tertiary alicyclic amines) is 1. The largest absolute Gasteiger partial charge is 0.376 e. The highest BCUT2D eigenvalue weighted by atomic mass is 32.1. The third-order valence-electron chi connectivity index (χ3n) is 3.36. The van der Waals surface area contributed by atoms with Gasteiger partial charge in [0.1, 0.15) is 0 Å². The Hall–Kier alpha value is -1.21. The van der Waals surface area contributed by atoms with Gasteiger partial charge in [0, 0.05) is 26.2 Å². The van der Waals surface area contributed by atoms with E-state index in [1.54, 1.807) is 0 Å². The molecule has 1 fully saturated rings. The third kappa shape index (κ3) is 4.64. The van der Waals surface area contributed by atoms with Crippen molar-refractivity contribution in [1.29, 1.82) is 0 Å². The van der Waals surface area contributed by atoms with Crippen LogP contribution in [0.15, 0.2) is 0 Å². The van der Waals surface area contributed by atoms with Crippen LogP contribution in [0.5, 0.6) is 0 Å². The lowest BCUT2D eigenvalue weighted by molar-refractivity contribution is 0.00208. The highest BCUT2D eigenvalue weighted by Gasteiger charge is 2.27. The van der Waals surface area contributed by atoms with Gasteiger partial charge in [-0.2, -0.15) is 0 Å². The van der Waals surface area contributed by atoms with Crippen LogP contribution in [0.1, 0.15) is 49.3 Å². The Kier molecular flexibility index (Phi) is 6.38. The maximum atomic E-state index is 12.5. The monoisotopic (exact) mass is 312 g/mol. The van der Waals surface area contributed by atoms with Crippen molar-refractivity contribution < 1.29 is 9.53 Å². The van der Waals surface area contributed by atoms with E-state index in [4.69, 9.17) is 4.74 Å². The molecule has 1 atom stereocenters. The number of aromatic nitrogens is 2. The molecule has 7 heteroatoms. The summed E-state index contributed by atoms with van der Waals surface area (Å²) in [5, 5.41) is 12.4. The number of ether oxygens (including phenoxy) is 1. The van der Waals surface area contributed by atoms with Gasteiger partial charge in [-0.05, 0) is 25.7 Å². The van der Waals surface area contributed by atoms with E-state index in [0.717, 1.165) is 50.5 Å². The number of anilines is 1. The molecule has 2 rings (SSSR count). The zero-order chi connectivity index (χ0) is 15.1. The molecule has 118 valence electrons. The smallest absolute Gasteiger partial charge is 0.284 e. The van der Waals surface area contributed by atoms with Gasteiger partial charge < -0.3 is 15.0 Å². The zero-order valence-electron chi connectivity index (χ0n) is 12.8. The Bertz CT molecular complexity index is 452. The molecule has 1 aliphatic heterocycles. The Morgan fingerprint density at radius 3 is 3.05 bits per heavy atom. The molecule has 1 N–H and O–H groups in total. The van der Waals surface area contributed by atoms with Crippen LogP contribution in [0.3, 0.4) is 0 Å². The first-order valence-electron chi connectivity index (χ1n) is 7.72. The standard InChI is InChI=1S/C14H24N4O2S/c1-3-7-15-14-17-16-12(21-14)13(19)18-8-5-6-11(10-18)20-9-4-2/h11H,3-10H2,1-2H3,(H,15,17). The molecular weight excluding hydrogens is 288 g/mol. The fourth-order valence-electron chi connectivity index (χ4n) is 2.29. The molecule has 0 spiro atoms. The lowest BCUT2D eigenvalue weighted by atomic mass is 10.1.